The number of aromatic nitrogens is 3. The maximum atomic E-state index is 13.3. The lowest BCUT2D eigenvalue weighted by Gasteiger charge is -2.17. The highest BCUT2D eigenvalue weighted by molar-refractivity contribution is 7.19. The molecule has 4 aromatic heterocycles. The molecule has 0 aliphatic heterocycles. The first kappa shape index (κ1) is 20.7. The van der Waals surface area contributed by atoms with Gasteiger partial charge in [0.15, 0.2) is 5.13 Å². The maximum absolute atomic E-state index is 13.3. The van der Waals surface area contributed by atoms with E-state index in [4.69, 9.17) is 0 Å². The van der Waals surface area contributed by atoms with Gasteiger partial charge in [-0.2, -0.15) is 0 Å². The van der Waals surface area contributed by atoms with Crippen molar-refractivity contribution in [1.82, 2.24) is 14.5 Å². The van der Waals surface area contributed by atoms with Crippen molar-refractivity contribution in [2.75, 3.05) is 4.90 Å². The topological polar surface area (TPSA) is 68.1 Å². The van der Waals surface area contributed by atoms with Crippen molar-refractivity contribution in [3.63, 3.8) is 0 Å². The summed E-state index contributed by atoms with van der Waals surface area (Å²) in [4.78, 5) is 39.3. The molecule has 0 radical (unpaired) electrons. The molecular formula is C23H18N4O2S3. The third-order valence-corrected chi connectivity index (χ3v) is 7.75. The van der Waals surface area contributed by atoms with E-state index in [2.05, 4.69) is 23.0 Å². The summed E-state index contributed by atoms with van der Waals surface area (Å²) >= 11 is 4.53. The summed E-state index contributed by atoms with van der Waals surface area (Å²) in [6.45, 7) is 3.86. The van der Waals surface area contributed by atoms with E-state index in [1.165, 1.54) is 34.5 Å². The van der Waals surface area contributed by atoms with Crippen LogP contribution in [0.5, 0.6) is 0 Å². The second-order valence-corrected chi connectivity index (χ2v) is 10.2. The highest BCUT2D eigenvalue weighted by atomic mass is 32.1. The summed E-state index contributed by atoms with van der Waals surface area (Å²) < 4.78 is 1.58. The Morgan fingerprint density at radius 3 is 2.62 bits per heavy atom. The molecular weight excluding hydrogens is 460 g/mol. The number of para-hydroxylation sites is 1. The first-order valence-electron chi connectivity index (χ1n) is 9.85. The summed E-state index contributed by atoms with van der Waals surface area (Å²) in [7, 11) is 0. The lowest BCUT2D eigenvalue weighted by molar-refractivity contribution is -0.115. The van der Waals surface area contributed by atoms with Gasteiger partial charge in [0, 0.05) is 33.0 Å². The summed E-state index contributed by atoms with van der Waals surface area (Å²) in [5.41, 5.74) is 2.31. The number of thiophene rings is 2. The van der Waals surface area contributed by atoms with Crippen LogP contribution in [0.1, 0.15) is 17.5 Å². The number of thiazole rings is 1. The molecule has 0 fully saturated rings. The van der Waals surface area contributed by atoms with Gasteiger partial charge in [-0.1, -0.05) is 18.2 Å². The molecule has 0 aliphatic rings. The minimum Gasteiger partial charge on any atom is -0.293 e. The normalized spacial score (nSPS) is 11.2. The van der Waals surface area contributed by atoms with Gasteiger partial charge < -0.3 is 0 Å². The highest BCUT2D eigenvalue weighted by Crippen LogP contribution is 2.35. The van der Waals surface area contributed by atoms with Crippen LogP contribution in [0.4, 0.5) is 10.8 Å². The van der Waals surface area contributed by atoms with Crippen molar-refractivity contribution in [3.05, 3.63) is 80.5 Å². The molecule has 4 heterocycles. The Labute approximate surface area is 196 Å². The molecule has 0 unspecified atom stereocenters. The van der Waals surface area contributed by atoms with E-state index in [-0.39, 0.29) is 18.0 Å². The number of anilines is 2. The molecule has 6 nitrogen and oxygen atoms in total. The number of hydrogen-bond donors (Lipinski definition) is 0. The first-order chi connectivity index (χ1) is 15.5. The Bertz CT molecular complexity index is 1480. The number of hydrogen-bond acceptors (Lipinski definition) is 7. The average Bonchev–Trinajstić information content (AvgIpc) is 3.51. The molecule has 1 amide bonds. The zero-order chi connectivity index (χ0) is 22.2. The molecule has 5 rings (SSSR count). The Morgan fingerprint density at radius 1 is 1.09 bits per heavy atom. The van der Waals surface area contributed by atoms with Crippen LogP contribution in [0.2, 0.25) is 0 Å². The predicted molar refractivity (Wildman–Crippen MR) is 132 cm³/mol. The monoisotopic (exact) mass is 478 g/mol. The predicted octanol–water partition coefficient (Wildman–Crippen LogP) is 5.68. The van der Waals surface area contributed by atoms with E-state index in [1.54, 1.807) is 27.1 Å². The summed E-state index contributed by atoms with van der Waals surface area (Å²) in [5.74, 6) is -0.119. The Kier molecular flexibility index (Phi) is 5.46. The molecule has 1 aromatic carbocycles. The van der Waals surface area contributed by atoms with Crippen molar-refractivity contribution in [1.29, 1.82) is 0 Å². The zero-order valence-electron chi connectivity index (χ0n) is 17.3. The number of rotatable bonds is 5. The molecule has 9 heteroatoms. The fourth-order valence-corrected chi connectivity index (χ4v) is 6.23. The Morgan fingerprint density at radius 2 is 1.91 bits per heavy atom. The minimum atomic E-state index is -0.119. The molecule has 0 bridgehead atoms. The zero-order valence-corrected chi connectivity index (χ0v) is 19.8. The van der Waals surface area contributed by atoms with Crippen molar-refractivity contribution >= 4 is 61.0 Å². The summed E-state index contributed by atoms with van der Waals surface area (Å²) in [6, 6.07) is 13.5. The third-order valence-electron chi connectivity index (χ3n) is 4.96. The lowest BCUT2D eigenvalue weighted by Crippen LogP contribution is -2.23. The second-order valence-electron chi connectivity index (χ2n) is 7.23. The van der Waals surface area contributed by atoms with E-state index >= 15 is 0 Å². The molecule has 5 aromatic rings. The maximum Gasteiger partial charge on any atom is 0.263 e. The largest absolute Gasteiger partial charge is 0.293 e. The highest BCUT2D eigenvalue weighted by Gasteiger charge is 2.19. The van der Waals surface area contributed by atoms with Crippen molar-refractivity contribution in [2.45, 2.75) is 20.4 Å². The van der Waals surface area contributed by atoms with Crippen molar-refractivity contribution in [2.24, 2.45) is 0 Å². The van der Waals surface area contributed by atoms with Gasteiger partial charge in [-0.05, 0) is 31.2 Å². The lowest BCUT2D eigenvalue weighted by atomic mass is 10.2. The van der Waals surface area contributed by atoms with E-state index in [0.717, 1.165) is 21.0 Å². The van der Waals surface area contributed by atoms with Gasteiger partial charge in [-0.15, -0.1) is 34.0 Å². The molecule has 0 saturated carbocycles. The van der Waals surface area contributed by atoms with Gasteiger partial charge in [-0.3, -0.25) is 19.1 Å². The fraction of sp³-hybridized carbons (Fsp3) is 0.130. The molecule has 32 heavy (non-hydrogen) atoms. The van der Waals surface area contributed by atoms with E-state index < -0.39 is 0 Å². The number of benzene rings is 1. The smallest absolute Gasteiger partial charge is 0.263 e. The van der Waals surface area contributed by atoms with E-state index in [0.29, 0.717) is 16.2 Å². The SMILES string of the molecule is CC(=O)N(c1ccccc1)c1nc(Cn2cnc3scc(-c4ccc(C)s4)c3c2=O)cs1. The molecule has 0 spiro atoms. The number of carbonyl (C=O) groups is 1. The van der Waals surface area contributed by atoms with Gasteiger partial charge >= 0.3 is 0 Å². The van der Waals surface area contributed by atoms with Crippen LogP contribution in [-0.4, -0.2) is 20.4 Å². The van der Waals surface area contributed by atoms with E-state index in [1.807, 2.05) is 47.2 Å². The number of amides is 1. The van der Waals surface area contributed by atoms with Crippen LogP contribution in [0.25, 0.3) is 20.7 Å². The quantitative estimate of drug-likeness (QED) is 0.326. The number of aryl methyl sites for hydroxylation is 1. The van der Waals surface area contributed by atoms with Crippen molar-refractivity contribution in [3.8, 4) is 10.4 Å². The van der Waals surface area contributed by atoms with Gasteiger partial charge in [0.2, 0.25) is 5.91 Å². The van der Waals surface area contributed by atoms with Gasteiger partial charge in [0.1, 0.15) is 4.83 Å². The Hall–Kier alpha value is -3.14. The number of nitrogens with zero attached hydrogens (tertiary/aromatic N) is 4. The minimum absolute atomic E-state index is 0.0849. The number of fused-ring (bicyclic) bond motifs is 1. The van der Waals surface area contributed by atoms with Gasteiger partial charge in [0.25, 0.3) is 5.56 Å². The molecule has 0 saturated heterocycles. The molecule has 0 N–H and O–H groups in total. The van der Waals surface area contributed by atoms with Crippen LogP contribution in [0.15, 0.2) is 64.3 Å². The standard InChI is InChI=1S/C23H18N4O2S3/c1-14-8-9-19(32-14)18-12-30-21-20(18)22(29)26(13-24-21)10-16-11-31-23(25-16)27(15(2)28)17-6-4-3-5-7-17/h3-9,11-13H,10H2,1-2H3. The number of carbonyl (C=O) groups excluding carboxylic acids is 1. The van der Waals surface area contributed by atoms with Crippen LogP contribution >= 0.6 is 34.0 Å². The second kappa shape index (κ2) is 8.42. The third kappa shape index (κ3) is 3.79. The Balaban J connectivity index is 1.49. The van der Waals surface area contributed by atoms with Gasteiger partial charge in [0.05, 0.1) is 29.6 Å². The molecule has 160 valence electrons. The van der Waals surface area contributed by atoms with Crippen molar-refractivity contribution < 1.29 is 4.79 Å². The molecule has 0 atom stereocenters. The fourth-order valence-electron chi connectivity index (χ4n) is 3.49. The van der Waals surface area contributed by atoms with Crippen LogP contribution < -0.4 is 10.5 Å². The van der Waals surface area contributed by atoms with Crippen LogP contribution in [0.3, 0.4) is 0 Å². The summed E-state index contributed by atoms with van der Waals surface area (Å²) in [5, 5.41) is 5.10. The van der Waals surface area contributed by atoms with Crippen LogP contribution in [-0.2, 0) is 11.3 Å². The average molecular weight is 479 g/mol. The van der Waals surface area contributed by atoms with E-state index in [9.17, 15) is 9.59 Å². The van der Waals surface area contributed by atoms with Crippen LogP contribution in [0, 0.1) is 6.92 Å². The van der Waals surface area contributed by atoms with Gasteiger partial charge in [-0.25, -0.2) is 9.97 Å². The molecule has 0 aliphatic carbocycles. The summed E-state index contributed by atoms with van der Waals surface area (Å²) in [6.07, 6.45) is 1.57. The first-order valence-corrected chi connectivity index (χ1v) is 12.4.